The Balaban J connectivity index is 1.83. The highest BCUT2D eigenvalue weighted by Crippen LogP contribution is 2.21. The summed E-state index contributed by atoms with van der Waals surface area (Å²) < 4.78 is 0. The molecule has 2 aromatic rings. The second kappa shape index (κ2) is 7.19. The van der Waals surface area contributed by atoms with E-state index in [9.17, 15) is 4.79 Å². The summed E-state index contributed by atoms with van der Waals surface area (Å²) >= 11 is 0. The Morgan fingerprint density at radius 3 is 2.32 bits per heavy atom. The number of carbonyl (C=O) groups excluding carboxylic acids is 1. The van der Waals surface area contributed by atoms with Gasteiger partial charge in [-0.2, -0.15) is 0 Å². The van der Waals surface area contributed by atoms with Crippen LogP contribution in [0.2, 0.25) is 0 Å². The first kappa shape index (κ1) is 17.4. The molecule has 1 aliphatic rings. The molecule has 1 aromatic heterocycles. The summed E-state index contributed by atoms with van der Waals surface area (Å²) in [5, 5.41) is 3.00. The van der Waals surface area contributed by atoms with E-state index in [1.807, 2.05) is 39.0 Å². The van der Waals surface area contributed by atoms with Crippen molar-refractivity contribution in [3.63, 3.8) is 0 Å². The Morgan fingerprint density at radius 2 is 1.68 bits per heavy atom. The largest absolute Gasteiger partial charge is 0.354 e. The molecule has 0 saturated carbocycles. The highest BCUT2D eigenvalue weighted by atomic mass is 16.1. The van der Waals surface area contributed by atoms with Gasteiger partial charge in [-0.3, -0.25) is 4.79 Å². The summed E-state index contributed by atoms with van der Waals surface area (Å²) in [5.41, 5.74) is 3.34. The smallest absolute Gasteiger partial charge is 0.274 e. The number of amides is 1. The number of anilines is 2. The first-order valence-electron chi connectivity index (χ1n) is 8.61. The number of carbonyl (C=O) groups is 1. The number of likely N-dealkylation sites (N-methyl/N-ethyl adjacent to an activating group) is 1. The number of nitrogens with one attached hydrogen (secondary N) is 1. The van der Waals surface area contributed by atoms with Crippen LogP contribution in [0, 0.1) is 20.8 Å². The Bertz CT molecular complexity index is 761. The van der Waals surface area contributed by atoms with Gasteiger partial charge in [-0.05, 0) is 38.9 Å². The highest BCUT2D eigenvalue weighted by Gasteiger charge is 2.19. The van der Waals surface area contributed by atoms with Crippen molar-refractivity contribution >= 4 is 17.4 Å². The first-order chi connectivity index (χ1) is 11.9. The predicted octanol–water partition coefficient (Wildman–Crippen LogP) is 2.41. The summed E-state index contributed by atoms with van der Waals surface area (Å²) in [6.07, 6.45) is 0. The third-order valence-electron chi connectivity index (χ3n) is 4.60. The van der Waals surface area contributed by atoms with Crippen LogP contribution in [0.5, 0.6) is 0 Å². The molecule has 0 spiro atoms. The lowest BCUT2D eigenvalue weighted by atomic mass is 10.1. The minimum Gasteiger partial charge on any atom is -0.354 e. The van der Waals surface area contributed by atoms with Gasteiger partial charge < -0.3 is 15.1 Å². The van der Waals surface area contributed by atoms with Gasteiger partial charge in [0.25, 0.3) is 5.91 Å². The molecule has 25 heavy (non-hydrogen) atoms. The van der Waals surface area contributed by atoms with Gasteiger partial charge >= 0.3 is 0 Å². The average Bonchev–Trinajstić information content (AvgIpc) is 2.58. The zero-order valence-corrected chi connectivity index (χ0v) is 15.3. The van der Waals surface area contributed by atoms with Crippen molar-refractivity contribution in [2.45, 2.75) is 20.8 Å². The van der Waals surface area contributed by atoms with E-state index < -0.39 is 0 Å². The van der Waals surface area contributed by atoms with Crippen LogP contribution in [0.25, 0.3) is 0 Å². The Labute approximate surface area is 148 Å². The lowest BCUT2D eigenvalue weighted by Crippen LogP contribution is -2.45. The van der Waals surface area contributed by atoms with E-state index in [0.29, 0.717) is 11.5 Å². The number of aryl methyl sites for hydroxylation is 3. The highest BCUT2D eigenvalue weighted by molar-refractivity contribution is 6.04. The van der Waals surface area contributed by atoms with Crippen LogP contribution < -0.4 is 10.2 Å². The number of hydrogen-bond donors (Lipinski definition) is 1. The molecule has 2 heterocycles. The topological polar surface area (TPSA) is 61.4 Å². The van der Waals surface area contributed by atoms with Crippen LogP contribution in [-0.4, -0.2) is 54.0 Å². The standard InChI is InChI=1S/C19H25N5O/c1-13-6-5-7-14(2)18(13)22-19(25)16-12-17(21-15(3)20-16)24-10-8-23(4)9-11-24/h5-7,12H,8-11H2,1-4H3,(H,22,25). The fourth-order valence-electron chi connectivity index (χ4n) is 3.05. The molecule has 0 aliphatic carbocycles. The van der Waals surface area contributed by atoms with E-state index >= 15 is 0 Å². The van der Waals surface area contributed by atoms with E-state index in [1.54, 1.807) is 6.07 Å². The van der Waals surface area contributed by atoms with Gasteiger partial charge in [-0.15, -0.1) is 0 Å². The van der Waals surface area contributed by atoms with Gasteiger partial charge in [-0.1, -0.05) is 18.2 Å². The molecule has 1 aliphatic heterocycles. The molecule has 1 saturated heterocycles. The minimum absolute atomic E-state index is 0.196. The fraction of sp³-hybridized carbons (Fsp3) is 0.421. The van der Waals surface area contributed by atoms with Gasteiger partial charge in [0.15, 0.2) is 0 Å². The number of para-hydroxylation sites is 1. The maximum Gasteiger partial charge on any atom is 0.274 e. The van der Waals surface area contributed by atoms with E-state index in [1.165, 1.54) is 0 Å². The van der Waals surface area contributed by atoms with Crippen molar-refractivity contribution in [3.8, 4) is 0 Å². The predicted molar refractivity (Wildman–Crippen MR) is 100 cm³/mol. The minimum atomic E-state index is -0.196. The van der Waals surface area contributed by atoms with Crippen LogP contribution in [0.4, 0.5) is 11.5 Å². The van der Waals surface area contributed by atoms with Crippen LogP contribution in [0.3, 0.4) is 0 Å². The number of rotatable bonds is 3. The molecule has 0 radical (unpaired) electrons. The van der Waals surface area contributed by atoms with Gasteiger partial charge in [-0.25, -0.2) is 9.97 Å². The molecular formula is C19H25N5O. The molecule has 1 fully saturated rings. The van der Waals surface area contributed by atoms with Crippen molar-refractivity contribution in [3.05, 3.63) is 46.9 Å². The number of hydrogen-bond acceptors (Lipinski definition) is 5. The molecule has 0 unspecified atom stereocenters. The number of nitrogens with zero attached hydrogens (tertiary/aromatic N) is 4. The van der Waals surface area contributed by atoms with E-state index in [0.717, 1.165) is 48.8 Å². The van der Waals surface area contributed by atoms with E-state index in [2.05, 4.69) is 32.1 Å². The third kappa shape index (κ3) is 3.96. The maximum absolute atomic E-state index is 12.7. The van der Waals surface area contributed by atoms with E-state index in [4.69, 9.17) is 0 Å². The lowest BCUT2D eigenvalue weighted by molar-refractivity contribution is 0.102. The summed E-state index contributed by atoms with van der Waals surface area (Å²) in [4.78, 5) is 26.1. The summed E-state index contributed by atoms with van der Waals surface area (Å²) in [7, 11) is 2.12. The monoisotopic (exact) mass is 339 g/mol. The zero-order valence-electron chi connectivity index (χ0n) is 15.3. The van der Waals surface area contributed by atoms with Crippen molar-refractivity contribution in [2.24, 2.45) is 0 Å². The fourth-order valence-corrected chi connectivity index (χ4v) is 3.05. The molecule has 0 bridgehead atoms. The number of piperazine rings is 1. The number of benzene rings is 1. The summed E-state index contributed by atoms with van der Waals surface area (Å²) in [5.74, 6) is 1.24. The second-order valence-electron chi connectivity index (χ2n) is 6.67. The molecule has 0 atom stereocenters. The van der Waals surface area contributed by atoms with Gasteiger partial charge in [0.1, 0.15) is 17.3 Å². The third-order valence-corrected chi connectivity index (χ3v) is 4.60. The molecule has 1 N–H and O–H groups in total. The SMILES string of the molecule is Cc1nc(C(=O)Nc2c(C)cccc2C)cc(N2CCN(C)CC2)n1. The normalized spacial score (nSPS) is 15.3. The Morgan fingerprint density at radius 1 is 1.04 bits per heavy atom. The second-order valence-corrected chi connectivity index (χ2v) is 6.67. The molecule has 3 rings (SSSR count). The van der Waals surface area contributed by atoms with Crippen LogP contribution in [0.15, 0.2) is 24.3 Å². The van der Waals surface area contributed by atoms with Gasteiger partial charge in [0, 0.05) is 37.9 Å². The first-order valence-corrected chi connectivity index (χ1v) is 8.61. The van der Waals surface area contributed by atoms with Gasteiger partial charge in [0.2, 0.25) is 0 Å². The van der Waals surface area contributed by atoms with Crippen molar-refractivity contribution < 1.29 is 4.79 Å². The Kier molecular flexibility index (Phi) is 4.99. The quantitative estimate of drug-likeness (QED) is 0.930. The summed E-state index contributed by atoms with van der Waals surface area (Å²) in [6.45, 7) is 9.61. The van der Waals surface area contributed by atoms with Crippen LogP contribution in [0.1, 0.15) is 27.4 Å². The molecule has 1 aromatic carbocycles. The molecular weight excluding hydrogens is 314 g/mol. The lowest BCUT2D eigenvalue weighted by Gasteiger charge is -2.33. The van der Waals surface area contributed by atoms with E-state index in [-0.39, 0.29) is 5.91 Å². The molecule has 6 nitrogen and oxygen atoms in total. The molecule has 132 valence electrons. The van der Waals surface area contributed by atoms with Crippen LogP contribution >= 0.6 is 0 Å². The Hall–Kier alpha value is -2.47. The molecule has 6 heteroatoms. The number of aromatic nitrogens is 2. The summed E-state index contributed by atoms with van der Waals surface area (Å²) in [6, 6.07) is 7.76. The van der Waals surface area contributed by atoms with Gasteiger partial charge in [0.05, 0.1) is 0 Å². The maximum atomic E-state index is 12.7. The van der Waals surface area contributed by atoms with Crippen LogP contribution in [-0.2, 0) is 0 Å². The average molecular weight is 339 g/mol. The van der Waals surface area contributed by atoms with Crippen molar-refractivity contribution in [1.29, 1.82) is 0 Å². The van der Waals surface area contributed by atoms with Crippen molar-refractivity contribution in [1.82, 2.24) is 14.9 Å². The molecule has 1 amide bonds. The zero-order chi connectivity index (χ0) is 18.0. The van der Waals surface area contributed by atoms with Crippen molar-refractivity contribution in [2.75, 3.05) is 43.4 Å².